The van der Waals surface area contributed by atoms with Gasteiger partial charge in [0, 0.05) is 31.8 Å². The normalized spacial score (nSPS) is 12.6. The Morgan fingerprint density at radius 1 is 1.32 bits per heavy atom. The van der Waals surface area contributed by atoms with E-state index in [0.717, 1.165) is 23.1 Å². The van der Waals surface area contributed by atoms with Crippen molar-refractivity contribution in [3.05, 3.63) is 54.4 Å². The van der Waals surface area contributed by atoms with Crippen molar-refractivity contribution in [3.63, 3.8) is 0 Å². The Morgan fingerprint density at radius 2 is 2.20 bits per heavy atom. The molecule has 1 atom stereocenters. The number of amides is 1. The Morgan fingerprint density at radius 3 is 3.00 bits per heavy atom. The van der Waals surface area contributed by atoms with Crippen molar-refractivity contribution >= 4 is 22.7 Å². The van der Waals surface area contributed by atoms with E-state index in [-0.39, 0.29) is 11.9 Å². The van der Waals surface area contributed by atoms with Crippen molar-refractivity contribution < 1.29 is 4.79 Å². The molecular weight excluding hydrogens is 318 g/mol. The highest BCUT2D eigenvalue weighted by molar-refractivity contribution is 5.96. The average Bonchev–Trinajstić information content (AvgIpc) is 3.23. The largest absolute Gasteiger partial charge is 0.344 e. The molecule has 25 heavy (non-hydrogen) atoms. The molecule has 1 N–H and O–H groups in total. The lowest BCUT2D eigenvalue weighted by Crippen LogP contribution is -2.28. The molecule has 8 heteroatoms. The van der Waals surface area contributed by atoms with Crippen molar-refractivity contribution in [2.75, 3.05) is 0 Å². The maximum absolute atomic E-state index is 12.6. The lowest BCUT2D eigenvalue weighted by Gasteiger charge is -2.14. The molecule has 8 nitrogen and oxygen atoms in total. The Hall–Kier alpha value is -3.29. The minimum absolute atomic E-state index is 0.188. The molecule has 4 heterocycles. The predicted octanol–water partition coefficient (Wildman–Crippen LogP) is 1.89. The number of pyridine rings is 1. The second-order valence-electron chi connectivity index (χ2n) is 5.82. The number of rotatable bonds is 4. The monoisotopic (exact) mass is 335 g/mol. The summed E-state index contributed by atoms with van der Waals surface area (Å²) >= 11 is 0. The first-order valence-corrected chi connectivity index (χ1v) is 8.04. The van der Waals surface area contributed by atoms with Gasteiger partial charge in [-0.2, -0.15) is 5.10 Å². The van der Waals surface area contributed by atoms with Crippen LogP contribution in [0.4, 0.5) is 0 Å². The molecule has 4 rings (SSSR count). The molecule has 0 spiro atoms. The van der Waals surface area contributed by atoms with Crippen molar-refractivity contribution in [3.8, 4) is 0 Å². The predicted molar refractivity (Wildman–Crippen MR) is 92.0 cm³/mol. The maximum Gasteiger partial charge on any atom is 0.253 e. The first kappa shape index (κ1) is 15.3. The van der Waals surface area contributed by atoms with Crippen molar-refractivity contribution in [2.24, 2.45) is 7.05 Å². The molecule has 4 aromatic heterocycles. The summed E-state index contributed by atoms with van der Waals surface area (Å²) in [7, 11) is 1.82. The summed E-state index contributed by atoms with van der Waals surface area (Å²) in [4.78, 5) is 25.6. The van der Waals surface area contributed by atoms with Crippen LogP contribution in [-0.2, 0) is 7.05 Å². The summed E-state index contributed by atoms with van der Waals surface area (Å²) in [6.07, 6.45) is 9.43. The van der Waals surface area contributed by atoms with Crippen LogP contribution in [0.15, 0.2) is 43.1 Å². The summed E-state index contributed by atoms with van der Waals surface area (Å²) in [5.41, 5.74) is 2.86. The van der Waals surface area contributed by atoms with Gasteiger partial charge >= 0.3 is 0 Å². The Labute approximate surface area is 143 Å². The fourth-order valence-electron chi connectivity index (χ4n) is 2.79. The van der Waals surface area contributed by atoms with Crippen LogP contribution in [0.5, 0.6) is 0 Å². The van der Waals surface area contributed by atoms with Gasteiger partial charge in [0.15, 0.2) is 0 Å². The Kier molecular flexibility index (Phi) is 3.64. The van der Waals surface area contributed by atoms with E-state index in [4.69, 9.17) is 0 Å². The smallest absolute Gasteiger partial charge is 0.253 e. The molecule has 0 fully saturated rings. The molecule has 0 aliphatic rings. The van der Waals surface area contributed by atoms with Crippen LogP contribution in [0, 0.1) is 0 Å². The highest BCUT2D eigenvalue weighted by Gasteiger charge is 2.18. The molecular formula is C17H17N7O. The Bertz CT molecular complexity index is 1030. The van der Waals surface area contributed by atoms with Crippen molar-refractivity contribution in [1.29, 1.82) is 0 Å². The van der Waals surface area contributed by atoms with E-state index < -0.39 is 0 Å². The van der Waals surface area contributed by atoms with Gasteiger partial charge in [-0.1, -0.05) is 6.92 Å². The standard InChI is InChI=1S/C17H17N7O/c1-3-12(14-10-24-6-4-5-18-17(24)22-14)21-16(25)11-7-15-13(19-8-11)9-20-23(15)2/h4-10,12H,3H2,1-2H3,(H,21,25). The van der Waals surface area contributed by atoms with E-state index in [2.05, 4.69) is 25.4 Å². The number of aromatic nitrogens is 6. The number of hydrogen-bond acceptors (Lipinski definition) is 5. The van der Waals surface area contributed by atoms with Gasteiger partial charge in [-0.3, -0.25) is 18.9 Å². The molecule has 1 amide bonds. The van der Waals surface area contributed by atoms with E-state index in [0.29, 0.717) is 11.3 Å². The molecule has 0 aliphatic carbocycles. The highest BCUT2D eigenvalue weighted by Crippen LogP contribution is 2.18. The zero-order chi connectivity index (χ0) is 17.4. The van der Waals surface area contributed by atoms with Gasteiger partial charge in [0.1, 0.15) is 5.52 Å². The van der Waals surface area contributed by atoms with Gasteiger partial charge < -0.3 is 5.32 Å². The second-order valence-corrected chi connectivity index (χ2v) is 5.82. The zero-order valence-electron chi connectivity index (χ0n) is 13.9. The summed E-state index contributed by atoms with van der Waals surface area (Å²) in [5.74, 6) is 0.427. The van der Waals surface area contributed by atoms with E-state index in [1.165, 1.54) is 0 Å². The van der Waals surface area contributed by atoms with E-state index in [9.17, 15) is 4.79 Å². The summed E-state index contributed by atoms with van der Waals surface area (Å²) < 4.78 is 3.54. The van der Waals surface area contributed by atoms with Crippen LogP contribution in [0.1, 0.15) is 35.4 Å². The zero-order valence-corrected chi connectivity index (χ0v) is 13.9. The number of hydrogen-bond donors (Lipinski definition) is 1. The van der Waals surface area contributed by atoms with E-state index in [1.54, 1.807) is 29.3 Å². The number of imidazole rings is 1. The van der Waals surface area contributed by atoms with Crippen molar-refractivity contribution in [1.82, 2.24) is 34.4 Å². The molecule has 0 aliphatic heterocycles. The molecule has 0 saturated carbocycles. The first-order valence-electron chi connectivity index (χ1n) is 8.04. The third-order valence-corrected chi connectivity index (χ3v) is 4.19. The summed E-state index contributed by atoms with van der Waals surface area (Å²) in [6.45, 7) is 2.00. The van der Waals surface area contributed by atoms with Crippen molar-refractivity contribution in [2.45, 2.75) is 19.4 Å². The number of carbonyl (C=O) groups is 1. The van der Waals surface area contributed by atoms with Crippen LogP contribution < -0.4 is 5.32 Å². The Balaban J connectivity index is 1.61. The number of carbonyl (C=O) groups excluding carboxylic acids is 1. The van der Waals surface area contributed by atoms with Crippen LogP contribution in [0.3, 0.4) is 0 Å². The lowest BCUT2D eigenvalue weighted by molar-refractivity contribution is 0.0934. The van der Waals surface area contributed by atoms with Crippen LogP contribution in [-0.4, -0.2) is 35.0 Å². The topological polar surface area (TPSA) is 90.0 Å². The minimum Gasteiger partial charge on any atom is -0.344 e. The number of nitrogens with zero attached hydrogens (tertiary/aromatic N) is 6. The SMILES string of the molecule is CCC(NC(=O)c1cnc2cnn(C)c2c1)c1cn2cccnc2n1. The fourth-order valence-corrected chi connectivity index (χ4v) is 2.79. The van der Waals surface area contributed by atoms with E-state index in [1.807, 2.05) is 36.8 Å². The number of aryl methyl sites for hydroxylation is 1. The molecule has 0 bridgehead atoms. The summed E-state index contributed by atoms with van der Waals surface area (Å²) in [6, 6.07) is 3.44. The van der Waals surface area contributed by atoms with Gasteiger partial charge in [0.05, 0.1) is 29.0 Å². The average molecular weight is 335 g/mol. The number of nitrogens with one attached hydrogen (secondary N) is 1. The van der Waals surface area contributed by atoms with Gasteiger partial charge in [0.25, 0.3) is 5.91 Å². The molecule has 0 saturated heterocycles. The molecule has 4 aromatic rings. The molecule has 0 radical (unpaired) electrons. The second kappa shape index (κ2) is 5.97. The van der Waals surface area contributed by atoms with Crippen LogP contribution >= 0.6 is 0 Å². The third kappa shape index (κ3) is 2.71. The van der Waals surface area contributed by atoms with Gasteiger partial charge in [-0.25, -0.2) is 9.97 Å². The fraction of sp³-hybridized carbons (Fsp3) is 0.235. The van der Waals surface area contributed by atoms with Crippen LogP contribution in [0.25, 0.3) is 16.8 Å². The van der Waals surface area contributed by atoms with Gasteiger partial charge in [-0.05, 0) is 18.6 Å². The molecule has 126 valence electrons. The van der Waals surface area contributed by atoms with Crippen LogP contribution in [0.2, 0.25) is 0 Å². The van der Waals surface area contributed by atoms with Gasteiger partial charge in [0.2, 0.25) is 5.78 Å². The first-order chi connectivity index (χ1) is 12.2. The maximum atomic E-state index is 12.6. The van der Waals surface area contributed by atoms with E-state index >= 15 is 0 Å². The highest BCUT2D eigenvalue weighted by atomic mass is 16.1. The third-order valence-electron chi connectivity index (χ3n) is 4.19. The molecule has 0 aromatic carbocycles. The lowest BCUT2D eigenvalue weighted by atomic mass is 10.1. The number of fused-ring (bicyclic) bond motifs is 2. The molecule has 1 unspecified atom stereocenters. The minimum atomic E-state index is -0.198. The van der Waals surface area contributed by atoms with Gasteiger partial charge in [-0.15, -0.1) is 0 Å². The summed E-state index contributed by atoms with van der Waals surface area (Å²) in [5, 5.41) is 7.17. The quantitative estimate of drug-likeness (QED) is 0.615.